The van der Waals surface area contributed by atoms with E-state index in [1.165, 1.54) is 12.1 Å². The van der Waals surface area contributed by atoms with Crippen LogP contribution in [0.1, 0.15) is 58.5 Å². The zero-order valence-electron chi connectivity index (χ0n) is 15.2. The van der Waals surface area contributed by atoms with Gasteiger partial charge in [0.15, 0.2) is 0 Å². The molecule has 2 rings (SSSR count). The van der Waals surface area contributed by atoms with Crippen molar-refractivity contribution in [2.24, 2.45) is 0 Å². The van der Waals surface area contributed by atoms with Gasteiger partial charge in [-0.25, -0.2) is 9.59 Å². The van der Waals surface area contributed by atoms with Crippen LogP contribution in [0, 0.1) is 0 Å². The van der Waals surface area contributed by atoms with Crippen molar-refractivity contribution in [3.63, 3.8) is 0 Å². The Balaban J connectivity index is 2.43. The fraction of sp³-hybridized carbons (Fsp3) is 0.300. The fourth-order valence-corrected chi connectivity index (χ4v) is 2.96. The number of hydrogen-bond acceptors (Lipinski definition) is 6. The zero-order valence-corrected chi connectivity index (χ0v) is 15.2. The van der Waals surface area contributed by atoms with E-state index in [1.807, 2.05) is 13.8 Å². The number of phenolic OH excluding ortho intramolecular Hbond substituents is 2. The third-order valence-electron chi connectivity index (χ3n) is 4.02. The van der Waals surface area contributed by atoms with Crippen LogP contribution in [-0.4, -0.2) is 32.4 Å². The van der Waals surface area contributed by atoms with Gasteiger partial charge < -0.3 is 25.2 Å². The number of benzene rings is 2. The molecule has 0 aliphatic rings. The molecular formula is C20H22O7. The Kier molecular flexibility index (Phi) is 6.28. The Morgan fingerprint density at radius 2 is 1.41 bits per heavy atom. The van der Waals surface area contributed by atoms with Gasteiger partial charge in [0.25, 0.3) is 0 Å². The van der Waals surface area contributed by atoms with Crippen LogP contribution in [0.3, 0.4) is 0 Å². The normalized spacial score (nSPS) is 10.6. The summed E-state index contributed by atoms with van der Waals surface area (Å²) in [5.74, 6) is -3.23. The minimum absolute atomic E-state index is 0.0270. The van der Waals surface area contributed by atoms with E-state index in [2.05, 4.69) is 0 Å². The van der Waals surface area contributed by atoms with E-state index in [-0.39, 0.29) is 22.6 Å². The smallest absolute Gasteiger partial charge is 0.347 e. The first-order chi connectivity index (χ1) is 12.8. The molecule has 0 atom stereocenters. The third kappa shape index (κ3) is 4.49. The summed E-state index contributed by atoms with van der Waals surface area (Å²) in [6.45, 7) is 3.74. The number of aryl methyl sites for hydroxylation is 2. The Morgan fingerprint density at radius 3 is 1.96 bits per heavy atom. The highest BCUT2D eigenvalue weighted by Gasteiger charge is 2.22. The number of hydrogen-bond donors (Lipinski definition) is 4. The number of esters is 1. The van der Waals surface area contributed by atoms with Gasteiger partial charge >= 0.3 is 11.9 Å². The molecule has 0 aliphatic carbocycles. The number of rotatable bonds is 7. The molecule has 0 fully saturated rings. The molecule has 0 bridgehead atoms. The molecule has 0 aliphatic heterocycles. The molecule has 7 nitrogen and oxygen atoms in total. The maximum atomic E-state index is 12.6. The molecule has 4 N–H and O–H groups in total. The minimum atomic E-state index is -1.27. The predicted octanol–water partition coefficient (Wildman–Crippen LogP) is 3.63. The number of carbonyl (C=O) groups excluding carboxylic acids is 1. The number of carbonyl (C=O) groups is 2. The Labute approximate surface area is 156 Å². The van der Waals surface area contributed by atoms with Crippen LogP contribution in [0.4, 0.5) is 0 Å². The van der Waals surface area contributed by atoms with Gasteiger partial charge in [0.1, 0.15) is 34.1 Å². The van der Waals surface area contributed by atoms with Crippen molar-refractivity contribution >= 4 is 11.9 Å². The van der Waals surface area contributed by atoms with Crippen molar-refractivity contribution in [3.05, 3.63) is 46.5 Å². The van der Waals surface area contributed by atoms with Crippen molar-refractivity contribution in [2.45, 2.75) is 39.5 Å². The molecule has 7 heteroatoms. The topological polar surface area (TPSA) is 124 Å². The lowest BCUT2D eigenvalue weighted by atomic mass is 10.0. The van der Waals surface area contributed by atoms with Gasteiger partial charge in [-0.15, -0.1) is 0 Å². The van der Waals surface area contributed by atoms with E-state index in [1.54, 1.807) is 0 Å². The van der Waals surface area contributed by atoms with Gasteiger partial charge in [-0.2, -0.15) is 0 Å². The largest absolute Gasteiger partial charge is 0.508 e. The maximum absolute atomic E-state index is 12.6. The number of aromatic carboxylic acids is 1. The molecule has 144 valence electrons. The molecule has 0 saturated heterocycles. The van der Waals surface area contributed by atoms with Crippen molar-refractivity contribution in [3.8, 4) is 23.0 Å². The molecule has 0 heterocycles. The fourth-order valence-electron chi connectivity index (χ4n) is 2.96. The lowest BCUT2D eigenvalue weighted by Gasteiger charge is -2.13. The minimum Gasteiger partial charge on any atom is -0.508 e. The van der Waals surface area contributed by atoms with E-state index < -0.39 is 23.4 Å². The van der Waals surface area contributed by atoms with Crippen molar-refractivity contribution in [2.75, 3.05) is 0 Å². The molecule has 0 radical (unpaired) electrons. The van der Waals surface area contributed by atoms with Gasteiger partial charge in [0.05, 0.1) is 0 Å². The molecule has 0 amide bonds. The lowest BCUT2D eigenvalue weighted by molar-refractivity contribution is 0.0692. The molecule has 0 unspecified atom stereocenters. The van der Waals surface area contributed by atoms with Crippen molar-refractivity contribution in [1.29, 1.82) is 0 Å². The third-order valence-corrected chi connectivity index (χ3v) is 4.02. The summed E-state index contributed by atoms with van der Waals surface area (Å²) in [6.07, 6.45) is 2.14. The SMILES string of the molecule is CCCc1cc(OC(=O)c2c(O)cc(O)cc2CCC)cc(O)c1C(=O)O. The number of aromatic hydroxyl groups is 3. The Hall–Kier alpha value is -3.22. The van der Waals surface area contributed by atoms with Gasteiger partial charge in [-0.05, 0) is 36.1 Å². The molecule has 0 saturated carbocycles. The first kappa shape index (κ1) is 20.1. The molecular weight excluding hydrogens is 352 g/mol. The van der Waals surface area contributed by atoms with Crippen LogP contribution < -0.4 is 4.74 Å². The van der Waals surface area contributed by atoms with E-state index >= 15 is 0 Å². The van der Waals surface area contributed by atoms with E-state index in [0.717, 1.165) is 12.1 Å². The second kappa shape index (κ2) is 8.44. The summed E-state index contributed by atoms with van der Waals surface area (Å²) in [7, 11) is 0. The summed E-state index contributed by atoms with van der Waals surface area (Å²) in [5.41, 5.74) is 0.473. The summed E-state index contributed by atoms with van der Waals surface area (Å²) in [6, 6.07) is 4.87. The summed E-state index contributed by atoms with van der Waals surface area (Å²) in [4.78, 5) is 23.9. The van der Waals surface area contributed by atoms with Crippen LogP contribution in [0.25, 0.3) is 0 Å². The number of ether oxygens (including phenoxy) is 1. The Morgan fingerprint density at radius 1 is 0.852 bits per heavy atom. The van der Waals surface area contributed by atoms with E-state index in [4.69, 9.17) is 4.74 Å². The van der Waals surface area contributed by atoms with Gasteiger partial charge in [-0.1, -0.05) is 26.7 Å². The van der Waals surface area contributed by atoms with Crippen molar-refractivity contribution in [1.82, 2.24) is 0 Å². The average Bonchev–Trinajstić information content (AvgIpc) is 2.53. The van der Waals surface area contributed by atoms with Gasteiger partial charge in [0.2, 0.25) is 0 Å². The van der Waals surface area contributed by atoms with Crippen LogP contribution in [0.5, 0.6) is 23.0 Å². The summed E-state index contributed by atoms with van der Waals surface area (Å²) >= 11 is 0. The highest BCUT2D eigenvalue weighted by atomic mass is 16.5. The first-order valence-corrected chi connectivity index (χ1v) is 8.64. The molecule has 0 aromatic heterocycles. The highest BCUT2D eigenvalue weighted by Crippen LogP contribution is 2.32. The summed E-state index contributed by atoms with van der Waals surface area (Å²) in [5, 5.41) is 39.0. The monoisotopic (exact) mass is 374 g/mol. The predicted molar refractivity (Wildman–Crippen MR) is 97.8 cm³/mol. The standard InChI is InChI=1S/C20H22O7/c1-3-5-11-7-13(21)9-15(22)18(11)20(26)27-14-8-12(6-4-2)17(19(24)25)16(23)10-14/h7-10,21-23H,3-6H2,1-2H3,(H,24,25). The molecule has 2 aromatic carbocycles. The number of carboxylic acid groups (broad SMARTS) is 1. The van der Waals surface area contributed by atoms with E-state index in [0.29, 0.717) is 36.8 Å². The quantitative estimate of drug-likeness (QED) is 0.431. The van der Waals surface area contributed by atoms with Gasteiger partial charge in [-0.3, -0.25) is 0 Å². The van der Waals surface area contributed by atoms with E-state index in [9.17, 15) is 30.0 Å². The molecule has 27 heavy (non-hydrogen) atoms. The molecule has 0 spiro atoms. The van der Waals surface area contributed by atoms with Crippen LogP contribution in [-0.2, 0) is 12.8 Å². The first-order valence-electron chi connectivity index (χ1n) is 8.64. The average molecular weight is 374 g/mol. The lowest BCUT2D eigenvalue weighted by Crippen LogP contribution is -2.13. The second-order valence-electron chi connectivity index (χ2n) is 6.17. The highest BCUT2D eigenvalue weighted by molar-refractivity contribution is 5.96. The maximum Gasteiger partial charge on any atom is 0.347 e. The Bertz CT molecular complexity index is 871. The van der Waals surface area contributed by atoms with Crippen LogP contribution in [0.15, 0.2) is 24.3 Å². The van der Waals surface area contributed by atoms with Crippen molar-refractivity contribution < 1.29 is 34.8 Å². The van der Waals surface area contributed by atoms with Crippen LogP contribution >= 0.6 is 0 Å². The number of phenols is 3. The number of carboxylic acids is 1. The second-order valence-corrected chi connectivity index (χ2v) is 6.17. The van der Waals surface area contributed by atoms with Crippen LogP contribution in [0.2, 0.25) is 0 Å². The van der Waals surface area contributed by atoms with Gasteiger partial charge in [0, 0.05) is 12.1 Å². The summed E-state index contributed by atoms with van der Waals surface area (Å²) < 4.78 is 5.28. The molecule has 2 aromatic rings. The zero-order chi connectivity index (χ0) is 20.1.